The van der Waals surface area contributed by atoms with Crippen LogP contribution in [0.25, 0.3) is 11.5 Å². The normalized spacial score (nSPS) is 16.6. The Labute approximate surface area is 112 Å². The summed E-state index contributed by atoms with van der Waals surface area (Å²) in [6, 6.07) is 5.69. The second-order valence-electron chi connectivity index (χ2n) is 4.96. The Morgan fingerprint density at radius 2 is 2.16 bits per heavy atom. The van der Waals surface area contributed by atoms with E-state index in [2.05, 4.69) is 20.4 Å². The first-order valence-corrected chi connectivity index (χ1v) is 6.86. The van der Waals surface area contributed by atoms with Crippen LogP contribution in [0.2, 0.25) is 0 Å². The van der Waals surface area contributed by atoms with Crippen molar-refractivity contribution < 1.29 is 4.52 Å². The van der Waals surface area contributed by atoms with Crippen LogP contribution in [0.3, 0.4) is 0 Å². The maximum atomic E-state index is 5.29. The summed E-state index contributed by atoms with van der Waals surface area (Å²) in [7, 11) is 0. The Bertz CT molecular complexity index is 505. The van der Waals surface area contributed by atoms with Gasteiger partial charge in [-0.1, -0.05) is 11.2 Å². The minimum Gasteiger partial charge on any atom is -0.339 e. The van der Waals surface area contributed by atoms with Gasteiger partial charge in [0.25, 0.3) is 0 Å². The van der Waals surface area contributed by atoms with Gasteiger partial charge in [0, 0.05) is 12.6 Å². The maximum absolute atomic E-state index is 5.29. The van der Waals surface area contributed by atoms with E-state index < -0.39 is 0 Å². The minimum absolute atomic E-state index is 0.584. The first kappa shape index (κ1) is 12.3. The zero-order valence-electron chi connectivity index (χ0n) is 10.9. The number of rotatable bonds is 4. The molecule has 1 aliphatic rings. The summed E-state index contributed by atoms with van der Waals surface area (Å²) in [5.41, 5.74) is 0.763. The smallest absolute Gasteiger partial charge is 0.227 e. The van der Waals surface area contributed by atoms with Crippen molar-refractivity contribution in [3.63, 3.8) is 0 Å². The molecule has 1 aliphatic heterocycles. The van der Waals surface area contributed by atoms with Crippen LogP contribution in [0, 0.1) is 5.92 Å². The van der Waals surface area contributed by atoms with Crippen molar-refractivity contribution in [1.29, 1.82) is 0 Å². The van der Waals surface area contributed by atoms with Crippen molar-refractivity contribution >= 4 is 0 Å². The predicted octanol–water partition coefficient (Wildman–Crippen LogP) is 2.06. The molecule has 0 unspecified atom stereocenters. The molecule has 5 heteroatoms. The van der Waals surface area contributed by atoms with Gasteiger partial charge in [0.2, 0.25) is 11.7 Å². The predicted molar refractivity (Wildman–Crippen MR) is 71.4 cm³/mol. The van der Waals surface area contributed by atoms with E-state index in [-0.39, 0.29) is 0 Å². The fraction of sp³-hybridized carbons (Fsp3) is 0.500. The lowest BCUT2D eigenvalue weighted by Gasteiger charge is -2.21. The Morgan fingerprint density at radius 1 is 1.26 bits per heavy atom. The molecule has 1 N–H and O–H groups in total. The number of nitrogens with zero attached hydrogens (tertiary/aromatic N) is 3. The average Bonchev–Trinajstić information content (AvgIpc) is 2.96. The van der Waals surface area contributed by atoms with Crippen molar-refractivity contribution in [2.75, 3.05) is 13.1 Å². The average molecular weight is 258 g/mol. The lowest BCUT2D eigenvalue weighted by atomic mass is 9.93. The summed E-state index contributed by atoms with van der Waals surface area (Å²) in [4.78, 5) is 8.63. The van der Waals surface area contributed by atoms with E-state index in [4.69, 9.17) is 4.52 Å². The second kappa shape index (κ2) is 5.93. The molecule has 0 atom stereocenters. The van der Waals surface area contributed by atoms with E-state index in [0.717, 1.165) is 43.4 Å². The molecule has 3 rings (SSSR count). The van der Waals surface area contributed by atoms with E-state index in [1.807, 2.05) is 18.2 Å². The monoisotopic (exact) mass is 258 g/mol. The molecule has 0 amide bonds. The Balaban J connectivity index is 1.59. The van der Waals surface area contributed by atoms with E-state index >= 15 is 0 Å². The van der Waals surface area contributed by atoms with Crippen molar-refractivity contribution in [3.8, 4) is 11.5 Å². The SMILES string of the molecule is c1ccc(-c2noc(CCC3CCNCC3)n2)nc1. The molecule has 0 radical (unpaired) electrons. The van der Waals surface area contributed by atoms with Gasteiger partial charge in [0.1, 0.15) is 5.69 Å². The number of nitrogens with one attached hydrogen (secondary N) is 1. The molecule has 5 nitrogen and oxygen atoms in total. The third kappa shape index (κ3) is 3.17. The van der Waals surface area contributed by atoms with Crippen molar-refractivity contribution in [1.82, 2.24) is 20.4 Å². The van der Waals surface area contributed by atoms with Crippen LogP contribution in [-0.4, -0.2) is 28.2 Å². The van der Waals surface area contributed by atoms with Crippen molar-refractivity contribution in [2.24, 2.45) is 5.92 Å². The highest BCUT2D eigenvalue weighted by molar-refractivity contribution is 5.46. The molecule has 2 aromatic rings. The summed E-state index contributed by atoms with van der Waals surface area (Å²) < 4.78 is 5.29. The first-order valence-electron chi connectivity index (χ1n) is 6.86. The van der Waals surface area contributed by atoms with Crippen LogP contribution in [0.4, 0.5) is 0 Å². The molecular weight excluding hydrogens is 240 g/mol. The first-order chi connectivity index (χ1) is 9.42. The van der Waals surface area contributed by atoms with E-state index in [1.54, 1.807) is 6.20 Å². The highest BCUT2D eigenvalue weighted by Gasteiger charge is 2.15. The van der Waals surface area contributed by atoms with Crippen LogP contribution in [-0.2, 0) is 6.42 Å². The van der Waals surface area contributed by atoms with Crippen LogP contribution >= 0.6 is 0 Å². The quantitative estimate of drug-likeness (QED) is 0.909. The zero-order chi connectivity index (χ0) is 12.9. The fourth-order valence-electron chi connectivity index (χ4n) is 2.45. The molecule has 0 spiro atoms. The minimum atomic E-state index is 0.584. The number of piperidine rings is 1. The number of aromatic nitrogens is 3. The third-order valence-corrected chi connectivity index (χ3v) is 3.59. The van der Waals surface area contributed by atoms with Crippen LogP contribution < -0.4 is 5.32 Å². The van der Waals surface area contributed by atoms with Gasteiger partial charge in [-0.3, -0.25) is 4.98 Å². The van der Waals surface area contributed by atoms with Crippen LogP contribution in [0.15, 0.2) is 28.9 Å². The third-order valence-electron chi connectivity index (χ3n) is 3.59. The molecule has 0 aromatic carbocycles. The molecule has 19 heavy (non-hydrogen) atoms. The van der Waals surface area contributed by atoms with Gasteiger partial charge < -0.3 is 9.84 Å². The van der Waals surface area contributed by atoms with Gasteiger partial charge in [0.05, 0.1) is 0 Å². The second-order valence-corrected chi connectivity index (χ2v) is 4.96. The molecular formula is C14H18N4O. The van der Waals surface area contributed by atoms with Crippen LogP contribution in [0.1, 0.15) is 25.2 Å². The lowest BCUT2D eigenvalue weighted by molar-refractivity contribution is 0.324. The highest BCUT2D eigenvalue weighted by atomic mass is 16.5. The lowest BCUT2D eigenvalue weighted by Crippen LogP contribution is -2.27. The molecule has 1 saturated heterocycles. The van der Waals surface area contributed by atoms with Gasteiger partial charge in [-0.25, -0.2) is 0 Å². The maximum Gasteiger partial charge on any atom is 0.227 e. The molecule has 0 saturated carbocycles. The summed E-state index contributed by atoms with van der Waals surface area (Å²) in [6.07, 6.45) is 6.24. The van der Waals surface area contributed by atoms with E-state index in [0.29, 0.717) is 5.82 Å². The fourth-order valence-corrected chi connectivity index (χ4v) is 2.45. The van der Waals surface area contributed by atoms with E-state index in [1.165, 1.54) is 12.8 Å². The van der Waals surface area contributed by atoms with Crippen molar-refractivity contribution in [2.45, 2.75) is 25.7 Å². The van der Waals surface area contributed by atoms with Gasteiger partial charge in [0.15, 0.2) is 0 Å². The Morgan fingerprint density at radius 3 is 2.95 bits per heavy atom. The summed E-state index contributed by atoms with van der Waals surface area (Å²) >= 11 is 0. The molecule has 1 fully saturated rings. The molecule has 100 valence electrons. The summed E-state index contributed by atoms with van der Waals surface area (Å²) in [6.45, 7) is 2.27. The van der Waals surface area contributed by atoms with Gasteiger partial charge in [-0.15, -0.1) is 0 Å². The topological polar surface area (TPSA) is 63.8 Å². The molecule has 0 bridgehead atoms. The van der Waals surface area contributed by atoms with Crippen molar-refractivity contribution in [3.05, 3.63) is 30.3 Å². The number of aryl methyl sites for hydroxylation is 1. The molecule has 2 aromatic heterocycles. The largest absolute Gasteiger partial charge is 0.339 e. The molecule has 0 aliphatic carbocycles. The zero-order valence-corrected chi connectivity index (χ0v) is 10.9. The van der Waals surface area contributed by atoms with Gasteiger partial charge in [-0.2, -0.15) is 4.98 Å². The van der Waals surface area contributed by atoms with Gasteiger partial charge >= 0.3 is 0 Å². The number of hydrogen-bond donors (Lipinski definition) is 1. The molecule has 3 heterocycles. The summed E-state index contributed by atoms with van der Waals surface area (Å²) in [5, 5.41) is 7.37. The van der Waals surface area contributed by atoms with E-state index in [9.17, 15) is 0 Å². The Hall–Kier alpha value is -1.75. The summed E-state index contributed by atoms with van der Waals surface area (Å²) in [5.74, 6) is 2.09. The standard InChI is InChI=1S/C14H18N4O/c1-2-8-16-12(3-1)14-17-13(19-18-14)5-4-11-6-9-15-10-7-11/h1-3,8,11,15H,4-7,9-10H2. The highest BCUT2D eigenvalue weighted by Crippen LogP contribution is 2.19. The number of hydrogen-bond acceptors (Lipinski definition) is 5. The van der Waals surface area contributed by atoms with Crippen LogP contribution in [0.5, 0.6) is 0 Å². The Kier molecular flexibility index (Phi) is 3.83. The number of pyridine rings is 1. The van der Waals surface area contributed by atoms with Gasteiger partial charge in [-0.05, 0) is 50.4 Å².